The van der Waals surface area contributed by atoms with Crippen molar-refractivity contribution >= 4 is 33.5 Å². The second kappa shape index (κ2) is 5.21. The van der Waals surface area contributed by atoms with Gasteiger partial charge in [0.25, 0.3) is 0 Å². The Bertz CT molecular complexity index is 685. The van der Waals surface area contributed by atoms with Gasteiger partial charge in [0.1, 0.15) is 5.52 Å². The maximum absolute atomic E-state index is 11.8. The lowest BCUT2D eigenvalue weighted by Crippen LogP contribution is -2.34. The molecular formula is C13H17N3O4S. The highest BCUT2D eigenvalue weighted by atomic mass is 32.3. The van der Waals surface area contributed by atoms with E-state index in [9.17, 15) is 13.9 Å². The Morgan fingerprint density at radius 3 is 2.95 bits per heavy atom. The number of anilines is 1. The molecule has 0 bridgehead atoms. The van der Waals surface area contributed by atoms with E-state index in [1.54, 1.807) is 16.4 Å². The summed E-state index contributed by atoms with van der Waals surface area (Å²) in [6.07, 6.45) is 3.16. The van der Waals surface area contributed by atoms with Crippen molar-refractivity contribution in [2.45, 2.75) is 12.8 Å². The first-order valence-electron chi connectivity index (χ1n) is 6.62. The predicted octanol–water partition coefficient (Wildman–Crippen LogP) is 2.62. The SMILES string of the molecule is COC(=O)c1cc(N2CCCCS2(O)O)c2nc[nH]c2c1. The lowest BCUT2D eigenvalue weighted by molar-refractivity contribution is 0.0601. The molecule has 1 aromatic heterocycles. The van der Waals surface area contributed by atoms with Gasteiger partial charge >= 0.3 is 5.97 Å². The molecule has 8 heteroatoms. The summed E-state index contributed by atoms with van der Waals surface area (Å²) in [5, 5.41) is 0. The first-order valence-corrected chi connectivity index (χ1v) is 8.29. The van der Waals surface area contributed by atoms with E-state index >= 15 is 0 Å². The third kappa shape index (κ3) is 2.45. The number of carbonyl (C=O) groups is 1. The molecule has 1 aromatic carbocycles. The van der Waals surface area contributed by atoms with Crippen molar-refractivity contribution in [2.75, 3.05) is 23.7 Å². The van der Waals surface area contributed by atoms with Crippen molar-refractivity contribution in [3.8, 4) is 0 Å². The highest BCUT2D eigenvalue weighted by Crippen LogP contribution is 2.50. The monoisotopic (exact) mass is 311 g/mol. The number of esters is 1. The highest BCUT2D eigenvalue weighted by molar-refractivity contribution is 8.25. The van der Waals surface area contributed by atoms with Crippen molar-refractivity contribution in [2.24, 2.45) is 0 Å². The molecule has 21 heavy (non-hydrogen) atoms. The van der Waals surface area contributed by atoms with Crippen LogP contribution < -0.4 is 4.31 Å². The standard InChI is InChI=1S/C13H17N3O4S/c1-20-13(17)9-6-10-12(15-8-14-10)11(7-9)16-4-2-3-5-21(16,18)19/h6-8,18-19H,2-5H2,1H3,(H,14,15). The quantitative estimate of drug-likeness (QED) is 0.737. The molecule has 0 atom stereocenters. The molecule has 2 heterocycles. The minimum absolute atomic E-state index is 0.335. The lowest BCUT2D eigenvalue weighted by Gasteiger charge is -2.47. The topological polar surface area (TPSA) is 98.7 Å². The van der Waals surface area contributed by atoms with E-state index in [4.69, 9.17) is 4.74 Å². The fourth-order valence-corrected chi connectivity index (χ4v) is 4.23. The summed E-state index contributed by atoms with van der Waals surface area (Å²) in [4.78, 5) is 19.0. The van der Waals surface area contributed by atoms with Gasteiger partial charge in [0.05, 0.1) is 36.0 Å². The summed E-state index contributed by atoms with van der Waals surface area (Å²) < 4.78 is 26.9. The molecule has 0 amide bonds. The number of fused-ring (bicyclic) bond motifs is 1. The van der Waals surface area contributed by atoms with E-state index in [2.05, 4.69) is 9.97 Å². The molecule has 2 aromatic rings. The van der Waals surface area contributed by atoms with Crippen molar-refractivity contribution in [3.05, 3.63) is 24.0 Å². The van der Waals surface area contributed by atoms with Gasteiger partial charge in [-0.3, -0.25) is 13.4 Å². The first kappa shape index (κ1) is 14.2. The maximum Gasteiger partial charge on any atom is 0.338 e. The number of nitrogens with one attached hydrogen (secondary N) is 1. The Morgan fingerprint density at radius 1 is 1.43 bits per heavy atom. The van der Waals surface area contributed by atoms with Gasteiger partial charge in [-0.15, -0.1) is 10.8 Å². The van der Waals surface area contributed by atoms with Gasteiger partial charge in [0.2, 0.25) is 0 Å². The van der Waals surface area contributed by atoms with Gasteiger partial charge in [-0.1, -0.05) is 0 Å². The molecular weight excluding hydrogens is 294 g/mol. The molecule has 1 aliphatic heterocycles. The number of benzene rings is 1. The van der Waals surface area contributed by atoms with Crippen LogP contribution in [0.3, 0.4) is 0 Å². The second-order valence-electron chi connectivity index (χ2n) is 4.93. The van der Waals surface area contributed by atoms with Crippen LogP contribution in [0.15, 0.2) is 18.5 Å². The molecule has 1 fully saturated rings. The molecule has 0 radical (unpaired) electrons. The minimum atomic E-state index is -2.87. The number of carbonyl (C=O) groups excluding carboxylic acids is 1. The van der Waals surface area contributed by atoms with Gasteiger partial charge in [-0.05, 0) is 25.0 Å². The molecule has 0 aliphatic carbocycles. The van der Waals surface area contributed by atoms with E-state index in [-0.39, 0.29) is 0 Å². The minimum Gasteiger partial charge on any atom is -0.465 e. The smallest absolute Gasteiger partial charge is 0.338 e. The molecule has 1 aliphatic rings. The van der Waals surface area contributed by atoms with Gasteiger partial charge in [-0.2, -0.15) is 0 Å². The average molecular weight is 311 g/mol. The zero-order valence-electron chi connectivity index (χ0n) is 11.6. The fraction of sp³-hybridized carbons (Fsp3) is 0.385. The van der Waals surface area contributed by atoms with Gasteiger partial charge in [0.15, 0.2) is 0 Å². The summed E-state index contributed by atoms with van der Waals surface area (Å²) in [7, 11) is -1.55. The van der Waals surface area contributed by atoms with Gasteiger partial charge in [0, 0.05) is 6.54 Å². The summed E-state index contributed by atoms with van der Waals surface area (Å²) in [5.74, 6) is -0.136. The molecule has 114 valence electrons. The zero-order valence-corrected chi connectivity index (χ0v) is 12.4. The van der Waals surface area contributed by atoms with Crippen LogP contribution in [0.1, 0.15) is 23.2 Å². The number of aromatic amines is 1. The van der Waals surface area contributed by atoms with E-state index in [0.29, 0.717) is 34.6 Å². The van der Waals surface area contributed by atoms with Crippen LogP contribution in [0, 0.1) is 0 Å². The van der Waals surface area contributed by atoms with Crippen LogP contribution >= 0.6 is 10.8 Å². The average Bonchev–Trinajstić information content (AvgIpc) is 2.93. The molecule has 0 saturated carbocycles. The van der Waals surface area contributed by atoms with E-state index in [1.165, 1.54) is 13.4 Å². The van der Waals surface area contributed by atoms with E-state index < -0.39 is 16.7 Å². The number of nitrogens with zero attached hydrogens (tertiary/aromatic N) is 2. The zero-order chi connectivity index (χ0) is 15.0. The number of hydrogen-bond donors (Lipinski definition) is 3. The number of methoxy groups -OCH3 is 1. The lowest BCUT2D eigenvalue weighted by atomic mass is 10.1. The fourth-order valence-electron chi connectivity index (χ4n) is 2.54. The summed E-state index contributed by atoms with van der Waals surface area (Å²) in [6.45, 7) is 0.523. The molecule has 3 N–H and O–H groups in total. The molecule has 0 spiro atoms. The summed E-state index contributed by atoms with van der Waals surface area (Å²) in [5.41, 5.74) is 2.18. The predicted molar refractivity (Wildman–Crippen MR) is 81.7 cm³/mol. The van der Waals surface area contributed by atoms with Crippen LogP contribution in [0.4, 0.5) is 5.69 Å². The highest BCUT2D eigenvalue weighted by Gasteiger charge is 2.29. The van der Waals surface area contributed by atoms with Crippen LogP contribution in [0.2, 0.25) is 0 Å². The summed E-state index contributed by atoms with van der Waals surface area (Å²) in [6, 6.07) is 3.25. The van der Waals surface area contributed by atoms with E-state index in [0.717, 1.165) is 12.8 Å². The largest absolute Gasteiger partial charge is 0.465 e. The van der Waals surface area contributed by atoms with Crippen LogP contribution in [-0.4, -0.2) is 44.5 Å². The van der Waals surface area contributed by atoms with Gasteiger partial charge < -0.3 is 9.72 Å². The van der Waals surface area contributed by atoms with Crippen LogP contribution in [-0.2, 0) is 4.74 Å². The molecule has 7 nitrogen and oxygen atoms in total. The number of H-pyrrole nitrogens is 1. The van der Waals surface area contributed by atoms with Crippen LogP contribution in [0.25, 0.3) is 11.0 Å². The Kier molecular flexibility index (Phi) is 3.52. The van der Waals surface area contributed by atoms with Crippen LogP contribution in [0.5, 0.6) is 0 Å². The molecule has 0 unspecified atom stereocenters. The Labute approximate surface area is 123 Å². The number of rotatable bonds is 2. The normalized spacial score (nSPS) is 19.5. The third-order valence-corrected chi connectivity index (χ3v) is 5.50. The molecule has 1 saturated heterocycles. The van der Waals surface area contributed by atoms with Crippen molar-refractivity contribution in [1.29, 1.82) is 0 Å². The number of hydrogen-bond acceptors (Lipinski definition) is 6. The first-order chi connectivity index (χ1) is 10.0. The Balaban J connectivity index is 2.15. The van der Waals surface area contributed by atoms with Gasteiger partial charge in [-0.25, -0.2) is 9.78 Å². The third-order valence-electron chi connectivity index (χ3n) is 3.58. The number of aromatic nitrogens is 2. The number of ether oxygens (including phenoxy) is 1. The summed E-state index contributed by atoms with van der Waals surface area (Å²) >= 11 is 0. The van der Waals surface area contributed by atoms with Crippen molar-refractivity contribution in [1.82, 2.24) is 9.97 Å². The van der Waals surface area contributed by atoms with Crippen molar-refractivity contribution in [3.63, 3.8) is 0 Å². The molecule has 3 rings (SSSR count). The number of imidazole rings is 1. The second-order valence-corrected chi connectivity index (χ2v) is 7.04. The Morgan fingerprint density at radius 2 is 2.24 bits per heavy atom. The van der Waals surface area contributed by atoms with E-state index in [1.807, 2.05) is 0 Å². The maximum atomic E-state index is 11.8. The Hall–Kier alpha value is -1.77. The van der Waals surface area contributed by atoms with Crippen molar-refractivity contribution < 1.29 is 18.6 Å².